The topological polar surface area (TPSA) is 65.5 Å². The third kappa shape index (κ3) is 3.92. The van der Waals surface area contributed by atoms with Gasteiger partial charge < -0.3 is 15.3 Å². The van der Waals surface area contributed by atoms with Gasteiger partial charge in [-0.05, 0) is 37.9 Å². The molecular formula is C14H21N3O2. The molecule has 0 radical (unpaired) electrons. The molecule has 2 heterocycles. The number of pyridine rings is 1. The van der Waals surface area contributed by atoms with Gasteiger partial charge in [-0.1, -0.05) is 6.92 Å². The van der Waals surface area contributed by atoms with Crippen molar-refractivity contribution in [3.05, 3.63) is 24.0 Å². The standard InChI is InChI=1S/C14H21N3O2/c1-11(10-17-6-2-3-7-17)8-16-13-4-5-15-9-12(13)14(18)19/h4-5,9,11H,2-3,6-8,10H2,1H3,(H,15,16)(H,18,19). The fraction of sp³-hybridized carbons (Fsp3) is 0.571. The molecule has 19 heavy (non-hydrogen) atoms. The molecule has 0 bridgehead atoms. The van der Waals surface area contributed by atoms with Crippen molar-refractivity contribution in [3.8, 4) is 0 Å². The number of hydrogen-bond acceptors (Lipinski definition) is 4. The molecule has 2 rings (SSSR count). The van der Waals surface area contributed by atoms with E-state index in [1.807, 2.05) is 0 Å². The highest BCUT2D eigenvalue weighted by atomic mass is 16.4. The molecule has 5 nitrogen and oxygen atoms in total. The number of aromatic carboxylic acids is 1. The van der Waals surface area contributed by atoms with Crippen LogP contribution in [0.3, 0.4) is 0 Å². The Balaban J connectivity index is 1.85. The van der Waals surface area contributed by atoms with Crippen LogP contribution in [0.1, 0.15) is 30.1 Å². The third-order valence-corrected chi connectivity index (χ3v) is 3.46. The SMILES string of the molecule is CC(CNc1ccncc1C(=O)O)CN1CCCC1. The predicted octanol–water partition coefficient (Wildman–Crippen LogP) is 1.92. The van der Waals surface area contributed by atoms with Crippen LogP contribution in [0.2, 0.25) is 0 Å². The van der Waals surface area contributed by atoms with Crippen molar-refractivity contribution in [2.45, 2.75) is 19.8 Å². The van der Waals surface area contributed by atoms with Gasteiger partial charge in [0.25, 0.3) is 0 Å². The largest absolute Gasteiger partial charge is 0.478 e. The Morgan fingerprint density at radius 3 is 2.95 bits per heavy atom. The molecule has 0 amide bonds. The first kappa shape index (κ1) is 13.8. The van der Waals surface area contributed by atoms with Crippen molar-refractivity contribution in [2.24, 2.45) is 5.92 Å². The maximum absolute atomic E-state index is 11.1. The van der Waals surface area contributed by atoms with E-state index in [1.165, 1.54) is 32.1 Å². The Kier molecular flexibility index (Phi) is 4.74. The number of carboxylic acids is 1. The minimum absolute atomic E-state index is 0.232. The van der Waals surface area contributed by atoms with Gasteiger partial charge in [0.05, 0.1) is 5.69 Å². The fourth-order valence-electron chi connectivity index (χ4n) is 2.47. The van der Waals surface area contributed by atoms with E-state index in [9.17, 15) is 4.79 Å². The lowest BCUT2D eigenvalue weighted by Gasteiger charge is -2.21. The second-order valence-electron chi connectivity index (χ2n) is 5.22. The molecule has 0 aliphatic carbocycles. The molecule has 1 aliphatic rings. The van der Waals surface area contributed by atoms with Crippen molar-refractivity contribution >= 4 is 11.7 Å². The summed E-state index contributed by atoms with van der Waals surface area (Å²) < 4.78 is 0. The average molecular weight is 263 g/mol. The van der Waals surface area contributed by atoms with Crippen LogP contribution in [-0.4, -0.2) is 47.1 Å². The van der Waals surface area contributed by atoms with Gasteiger partial charge in [-0.3, -0.25) is 4.98 Å². The van der Waals surface area contributed by atoms with Gasteiger partial charge in [0, 0.05) is 25.5 Å². The molecule has 5 heteroatoms. The Labute approximate surface area is 113 Å². The number of carbonyl (C=O) groups is 1. The minimum Gasteiger partial charge on any atom is -0.478 e. The van der Waals surface area contributed by atoms with Crippen molar-refractivity contribution in [1.82, 2.24) is 9.88 Å². The Morgan fingerprint density at radius 1 is 1.53 bits per heavy atom. The van der Waals surface area contributed by atoms with Gasteiger partial charge in [-0.2, -0.15) is 0 Å². The van der Waals surface area contributed by atoms with E-state index in [0.717, 1.165) is 13.1 Å². The minimum atomic E-state index is -0.942. The Bertz CT molecular complexity index is 430. The highest BCUT2D eigenvalue weighted by Gasteiger charge is 2.15. The van der Waals surface area contributed by atoms with Crippen molar-refractivity contribution < 1.29 is 9.90 Å². The fourth-order valence-corrected chi connectivity index (χ4v) is 2.47. The van der Waals surface area contributed by atoms with E-state index in [1.54, 1.807) is 12.3 Å². The van der Waals surface area contributed by atoms with Crippen LogP contribution in [0.25, 0.3) is 0 Å². The molecule has 1 aliphatic heterocycles. The summed E-state index contributed by atoms with van der Waals surface area (Å²) in [6.45, 7) is 6.42. The summed E-state index contributed by atoms with van der Waals surface area (Å²) in [7, 11) is 0. The number of carboxylic acid groups (broad SMARTS) is 1. The van der Waals surface area contributed by atoms with Gasteiger partial charge in [-0.25, -0.2) is 4.79 Å². The number of rotatable bonds is 6. The van der Waals surface area contributed by atoms with Crippen LogP contribution >= 0.6 is 0 Å². The number of nitrogens with zero attached hydrogens (tertiary/aromatic N) is 2. The zero-order valence-corrected chi connectivity index (χ0v) is 11.3. The first-order valence-electron chi connectivity index (χ1n) is 6.80. The van der Waals surface area contributed by atoms with Crippen LogP contribution in [0.15, 0.2) is 18.5 Å². The molecule has 1 aromatic heterocycles. The summed E-state index contributed by atoms with van der Waals surface area (Å²) in [5.74, 6) is -0.448. The van der Waals surface area contributed by atoms with Crippen molar-refractivity contribution in [3.63, 3.8) is 0 Å². The molecular weight excluding hydrogens is 242 g/mol. The zero-order chi connectivity index (χ0) is 13.7. The number of aromatic nitrogens is 1. The lowest BCUT2D eigenvalue weighted by atomic mass is 10.1. The first-order valence-corrected chi connectivity index (χ1v) is 6.80. The quantitative estimate of drug-likeness (QED) is 0.821. The molecule has 0 aromatic carbocycles. The number of hydrogen-bond donors (Lipinski definition) is 2. The smallest absolute Gasteiger partial charge is 0.339 e. The first-order chi connectivity index (χ1) is 9.16. The van der Waals surface area contributed by atoms with Gasteiger partial charge in [0.1, 0.15) is 5.56 Å². The van der Waals surface area contributed by atoms with Crippen molar-refractivity contribution in [1.29, 1.82) is 0 Å². The Hall–Kier alpha value is -1.62. The van der Waals surface area contributed by atoms with Crippen LogP contribution in [0.5, 0.6) is 0 Å². The number of anilines is 1. The third-order valence-electron chi connectivity index (χ3n) is 3.46. The molecule has 104 valence electrons. The van der Waals surface area contributed by atoms with E-state index < -0.39 is 5.97 Å². The van der Waals surface area contributed by atoms with Gasteiger partial charge in [0.15, 0.2) is 0 Å². The predicted molar refractivity (Wildman–Crippen MR) is 74.5 cm³/mol. The summed E-state index contributed by atoms with van der Waals surface area (Å²) in [6, 6.07) is 1.71. The summed E-state index contributed by atoms with van der Waals surface area (Å²) in [5.41, 5.74) is 0.881. The van der Waals surface area contributed by atoms with Crippen molar-refractivity contribution in [2.75, 3.05) is 31.5 Å². The molecule has 2 N–H and O–H groups in total. The van der Waals surface area contributed by atoms with Gasteiger partial charge in [-0.15, -0.1) is 0 Å². The Morgan fingerprint density at radius 2 is 2.26 bits per heavy atom. The van der Waals surface area contributed by atoms with E-state index in [4.69, 9.17) is 5.11 Å². The van der Waals surface area contributed by atoms with E-state index in [-0.39, 0.29) is 5.56 Å². The van der Waals surface area contributed by atoms with Gasteiger partial charge in [0.2, 0.25) is 0 Å². The van der Waals surface area contributed by atoms with Gasteiger partial charge >= 0.3 is 5.97 Å². The molecule has 0 saturated carbocycles. The summed E-state index contributed by atoms with van der Waals surface area (Å²) in [6.07, 6.45) is 5.59. The molecule has 1 aromatic rings. The summed E-state index contributed by atoms with van der Waals surface area (Å²) in [4.78, 5) is 17.4. The highest BCUT2D eigenvalue weighted by Crippen LogP contribution is 2.15. The molecule has 1 fully saturated rings. The lowest BCUT2D eigenvalue weighted by Crippen LogP contribution is -2.29. The monoisotopic (exact) mass is 263 g/mol. The molecule has 1 atom stereocenters. The average Bonchev–Trinajstić information content (AvgIpc) is 2.89. The van der Waals surface area contributed by atoms with Crippen LogP contribution in [0, 0.1) is 5.92 Å². The second kappa shape index (κ2) is 6.52. The number of nitrogens with one attached hydrogen (secondary N) is 1. The second-order valence-corrected chi connectivity index (χ2v) is 5.22. The molecule has 1 unspecified atom stereocenters. The maximum atomic E-state index is 11.1. The molecule has 1 saturated heterocycles. The number of likely N-dealkylation sites (tertiary alicyclic amines) is 1. The zero-order valence-electron chi connectivity index (χ0n) is 11.3. The maximum Gasteiger partial charge on any atom is 0.339 e. The summed E-state index contributed by atoms with van der Waals surface area (Å²) in [5, 5.41) is 12.3. The molecule has 0 spiro atoms. The van der Waals surface area contributed by atoms with Crippen LogP contribution in [-0.2, 0) is 0 Å². The highest BCUT2D eigenvalue weighted by molar-refractivity contribution is 5.93. The van der Waals surface area contributed by atoms with E-state index in [0.29, 0.717) is 11.6 Å². The lowest BCUT2D eigenvalue weighted by molar-refractivity contribution is 0.0697. The normalized spacial score (nSPS) is 17.3. The van der Waals surface area contributed by atoms with Crippen LogP contribution < -0.4 is 5.32 Å². The van der Waals surface area contributed by atoms with E-state index in [2.05, 4.69) is 22.1 Å². The van der Waals surface area contributed by atoms with Crippen LogP contribution in [0.4, 0.5) is 5.69 Å². The summed E-state index contributed by atoms with van der Waals surface area (Å²) >= 11 is 0. The van der Waals surface area contributed by atoms with E-state index >= 15 is 0 Å².